The van der Waals surface area contributed by atoms with Gasteiger partial charge in [-0.25, -0.2) is 0 Å². The molecule has 1 aromatic heterocycles. The van der Waals surface area contributed by atoms with Crippen molar-refractivity contribution in [1.29, 1.82) is 0 Å². The Morgan fingerprint density at radius 3 is 2.95 bits per heavy atom. The van der Waals surface area contributed by atoms with Gasteiger partial charge in [0.25, 0.3) is 5.91 Å². The smallest absolute Gasteiger partial charge is 0.255 e. The van der Waals surface area contributed by atoms with Crippen LogP contribution in [0.25, 0.3) is 10.9 Å². The second-order valence-electron chi connectivity index (χ2n) is 4.22. The lowest BCUT2D eigenvalue weighted by molar-refractivity contribution is 0.102. The average Bonchev–Trinajstić information content (AvgIpc) is 2.91. The second kappa shape index (κ2) is 5.41. The number of H-pyrrole nitrogens is 1. The van der Waals surface area contributed by atoms with Crippen molar-refractivity contribution in [2.24, 2.45) is 0 Å². The number of anilines is 1. The number of nitrogens with one attached hydrogen (secondary N) is 2. The summed E-state index contributed by atoms with van der Waals surface area (Å²) < 4.78 is 0.915. The Hall–Kier alpha value is -1.60. The summed E-state index contributed by atoms with van der Waals surface area (Å²) in [7, 11) is 0. The molecule has 0 aliphatic rings. The van der Waals surface area contributed by atoms with Crippen LogP contribution < -0.4 is 5.32 Å². The maximum absolute atomic E-state index is 12.2. The lowest BCUT2D eigenvalue weighted by atomic mass is 10.2. The molecule has 6 heteroatoms. The molecular weight excluding hydrogens is 389 g/mol. The number of halogens is 2. The highest BCUT2D eigenvalue weighted by atomic mass is 127. The lowest BCUT2D eigenvalue weighted by Gasteiger charge is -2.07. The molecule has 0 aliphatic heterocycles. The summed E-state index contributed by atoms with van der Waals surface area (Å²) in [6, 6.07) is 10.8. The van der Waals surface area contributed by atoms with Crippen molar-refractivity contribution in [2.45, 2.75) is 0 Å². The van der Waals surface area contributed by atoms with E-state index in [0.717, 1.165) is 20.2 Å². The predicted octanol–water partition coefficient (Wildman–Crippen LogP) is 4.07. The van der Waals surface area contributed by atoms with Crippen LogP contribution >= 0.6 is 34.2 Å². The number of aromatic nitrogens is 2. The number of nitrogens with zero attached hydrogens (tertiary/aromatic N) is 1. The number of carbonyl (C=O) groups excluding carboxylic acids is 1. The van der Waals surface area contributed by atoms with Gasteiger partial charge < -0.3 is 5.32 Å². The number of hydrogen-bond acceptors (Lipinski definition) is 2. The van der Waals surface area contributed by atoms with E-state index in [1.165, 1.54) is 0 Å². The Morgan fingerprint density at radius 1 is 1.30 bits per heavy atom. The normalized spacial score (nSPS) is 10.7. The zero-order chi connectivity index (χ0) is 14.1. The van der Waals surface area contributed by atoms with E-state index in [1.54, 1.807) is 18.3 Å². The van der Waals surface area contributed by atoms with Crippen LogP contribution in [-0.4, -0.2) is 16.1 Å². The molecule has 0 radical (unpaired) electrons. The Morgan fingerprint density at radius 2 is 2.15 bits per heavy atom. The van der Waals surface area contributed by atoms with Gasteiger partial charge in [-0.05, 0) is 52.9 Å². The number of benzene rings is 2. The lowest BCUT2D eigenvalue weighted by Crippen LogP contribution is -2.12. The molecule has 2 aromatic carbocycles. The molecular formula is C14H9ClIN3O. The van der Waals surface area contributed by atoms with Crippen molar-refractivity contribution < 1.29 is 4.79 Å². The van der Waals surface area contributed by atoms with Crippen molar-refractivity contribution in [2.75, 3.05) is 5.32 Å². The Kier molecular flexibility index (Phi) is 3.62. The molecule has 100 valence electrons. The second-order valence-corrected chi connectivity index (χ2v) is 5.79. The average molecular weight is 398 g/mol. The van der Waals surface area contributed by atoms with E-state index >= 15 is 0 Å². The Labute approximate surface area is 133 Å². The van der Waals surface area contributed by atoms with Crippen LogP contribution in [0.4, 0.5) is 5.69 Å². The third-order valence-electron chi connectivity index (χ3n) is 2.91. The summed E-state index contributed by atoms with van der Waals surface area (Å²) in [4.78, 5) is 12.2. The fourth-order valence-electron chi connectivity index (χ4n) is 1.91. The molecule has 20 heavy (non-hydrogen) atoms. The summed E-state index contributed by atoms with van der Waals surface area (Å²) in [5.74, 6) is -0.197. The van der Waals surface area contributed by atoms with Gasteiger partial charge >= 0.3 is 0 Å². The summed E-state index contributed by atoms with van der Waals surface area (Å²) >= 11 is 8.16. The quantitative estimate of drug-likeness (QED) is 0.640. The fourth-order valence-corrected chi connectivity index (χ4v) is 2.43. The SMILES string of the molecule is O=C(Nc1cccc2[nH]ncc12)c1ccc(I)c(Cl)c1. The first-order valence-corrected chi connectivity index (χ1v) is 7.29. The molecule has 3 aromatic rings. The van der Waals surface area contributed by atoms with Crippen LogP contribution in [0.1, 0.15) is 10.4 Å². The summed E-state index contributed by atoms with van der Waals surface area (Å²) in [5.41, 5.74) is 2.12. The zero-order valence-corrected chi connectivity index (χ0v) is 13.1. The van der Waals surface area contributed by atoms with Crippen molar-refractivity contribution in [3.63, 3.8) is 0 Å². The first kappa shape index (κ1) is 13.4. The minimum atomic E-state index is -0.197. The molecule has 0 unspecified atom stereocenters. The highest BCUT2D eigenvalue weighted by molar-refractivity contribution is 14.1. The number of fused-ring (bicyclic) bond motifs is 1. The maximum atomic E-state index is 12.2. The van der Waals surface area contributed by atoms with Gasteiger partial charge in [0, 0.05) is 14.5 Å². The molecule has 0 saturated carbocycles. The molecule has 0 fully saturated rings. The van der Waals surface area contributed by atoms with E-state index in [0.29, 0.717) is 10.6 Å². The summed E-state index contributed by atoms with van der Waals surface area (Å²) in [5, 5.41) is 11.2. The van der Waals surface area contributed by atoms with Crippen molar-refractivity contribution >= 4 is 56.7 Å². The van der Waals surface area contributed by atoms with Crippen LogP contribution in [0.15, 0.2) is 42.6 Å². The number of amides is 1. The third kappa shape index (κ3) is 2.51. The maximum Gasteiger partial charge on any atom is 0.255 e. The van der Waals surface area contributed by atoms with Crippen LogP contribution in [0.5, 0.6) is 0 Å². The Bertz CT molecular complexity index is 800. The molecule has 0 saturated heterocycles. The number of aromatic amines is 1. The highest BCUT2D eigenvalue weighted by Crippen LogP contribution is 2.23. The molecule has 4 nitrogen and oxygen atoms in total. The predicted molar refractivity (Wildman–Crippen MR) is 88.2 cm³/mol. The van der Waals surface area contributed by atoms with Crippen LogP contribution in [0, 0.1) is 3.57 Å². The molecule has 1 amide bonds. The van der Waals surface area contributed by atoms with E-state index in [-0.39, 0.29) is 5.91 Å². The first-order valence-electron chi connectivity index (χ1n) is 5.83. The van der Waals surface area contributed by atoms with Gasteiger partial charge in [0.2, 0.25) is 0 Å². The van der Waals surface area contributed by atoms with Gasteiger partial charge in [0.05, 0.1) is 22.4 Å². The first-order chi connectivity index (χ1) is 9.65. The monoisotopic (exact) mass is 397 g/mol. The molecule has 0 bridgehead atoms. The largest absolute Gasteiger partial charge is 0.321 e. The minimum absolute atomic E-state index is 0.197. The molecule has 0 atom stereocenters. The molecule has 0 aliphatic carbocycles. The van der Waals surface area contributed by atoms with Crippen molar-refractivity contribution in [3.05, 3.63) is 56.8 Å². The van der Waals surface area contributed by atoms with Gasteiger partial charge in [0.15, 0.2) is 0 Å². The van der Waals surface area contributed by atoms with Crippen molar-refractivity contribution in [3.8, 4) is 0 Å². The summed E-state index contributed by atoms with van der Waals surface area (Å²) in [6.07, 6.45) is 1.69. The van der Waals surface area contributed by atoms with E-state index < -0.39 is 0 Å². The number of hydrogen-bond donors (Lipinski definition) is 2. The molecule has 0 spiro atoms. The number of rotatable bonds is 2. The van der Waals surface area contributed by atoms with E-state index in [2.05, 4.69) is 38.1 Å². The van der Waals surface area contributed by atoms with Gasteiger partial charge in [-0.3, -0.25) is 9.89 Å². The fraction of sp³-hybridized carbons (Fsp3) is 0. The summed E-state index contributed by atoms with van der Waals surface area (Å²) in [6.45, 7) is 0. The van der Waals surface area contributed by atoms with Gasteiger partial charge in [-0.2, -0.15) is 5.10 Å². The zero-order valence-electron chi connectivity index (χ0n) is 10.2. The van der Waals surface area contributed by atoms with E-state index in [9.17, 15) is 4.79 Å². The topological polar surface area (TPSA) is 57.8 Å². The molecule has 3 rings (SSSR count). The standard InChI is InChI=1S/C14H9ClIN3O/c15-10-6-8(4-5-11(10)16)14(20)18-12-2-1-3-13-9(12)7-17-19-13/h1-7H,(H,17,19)(H,18,20). The third-order valence-corrected chi connectivity index (χ3v) is 4.49. The van der Waals surface area contributed by atoms with Crippen molar-refractivity contribution in [1.82, 2.24) is 10.2 Å². The highest BCUT2D eigenvalue weighted by Gasteiger charge is 2.10. The van der Waals surface area contributed by atoms with Gasteiger partial charge in [-0.15, -0.1) is 0 Å². The van der Waals surface area contributed by atoms with Gasteiger partial charge in [0.1, 0.15) is 0 Å². The molecule has 1 heterocycles. The minimum Gasteiger partial charge on any atom is -0.321 e. The van der Waals surface area contributed by atoms with Crippen LogP contribution in [-0.2, 0) is 0 Å². The molecule has 2 N–H and O–H groups in total. The Balaban J connectivity index is 1.92. The number of carbonyl (C=O) groups is 1. The van der Waals surface area contributed by atoms with Crippen LogP contribution in [0.2, 0.25) is 5.02 Å². The van der Waals surface area contributed by atoms with Crippen LogP contribution in [0.3, 0.4) is 0 Å². The van der Waals surface area contributed by atoms with E-state index in [4.69, 9.17) is 11.6 Å². The van der Waals surface area contributed by atoms with E-state index in [1.807, 2.05) is 24.3 Å². The van der Waals surface area contributed by atoms with Gasteiger partial charge in [-0.1, -0.05) is 17.7 Å².